The predicted octanol–water partition coefficient (Wildman–Crippen LogP) is 13.9. The van der Waals surface area contributed by atoms with E-state index in [0.29, 0.717) is 0 Å². The summed E-state index contributed by atoms with van der Waals surface area (Å²) in [7, 11) is 0. The molecule has 1 aliphatic rings. The van der Waals surface area contributed by atoms with Crippen LogP contribution in [-0.2, 0) is 10.8 Å². The van der Waals surface area contributed by atoms with Crippen molar-refractivity contribution in [3.8, 4) is 33.4 Å². The minimum Gasteiger partial charge on any atom is -0.0616 e. The normalized spacial score (nSPS) is 13.8. The third kappa shape index (κ3) is 4.36. The minimum atomic E-state index is -0.135. The van der Waals surface area contributed by atoms with Crippen molar-refractivity contribution in [3.05, 3.63) is 155 Å². The Hall–Kier alpha value is -5.20. The highest BCUT2D eigenvalue weighted by Crippen LogP contribution is 2.55. The maximum absolute atomic E-state index is 2.49. The van der Waals surface area contributed by atoms with E-state index in [2.05, 4.69) is 176 Å². The Morgan fingerprint density at radius 1 is 0.429 bits per heavy atom. The van der Waals surface area contributed by atoms with Crippen LogP contribution in [0.2, 0.25) is 0 Å². The number of fused-ring (bicyclic) bond motifs is 10. The summed E-state index contributed by atoms with van der Waals surface area (Å²) in [6.45, 7) is 16.3. The van der Waals surface area contributed by atoms with Gasteiger partial charge in [0.1, 0.15) is 0 Å². The van der Waals surface area contributed by atoms with Crippen molar-refractivity contribution < 1.29 is 0 Å². The van der Waals surface area contributed by atoms with E-state index >= 15 is 0 Å². The Kier molecular flexibility index (Phi) is 6.35. The second kappa shape index (κ2) is 10.4. The molecule has 238 valence electrons. The lowest BCUT2D eigenvalue weighted by Gasteiger charge is -2.27. The zero-order chi connectivity index (χ0) is 33.8. The summed E-state index contributed by atoms with van der Waals surface area (Å²) in [6, 6.07) is 48.5. The molecule has 49 heavy (non-hydrogen) atoms. The molecule has 0 heteroatoms. The molecule has 0 aliphatic heterocycles. The molecule has 0 amide bonds. The molecule has 0 spiro atoms. The number of hydrogen-bond donors (Lipinski definition) is 0. The van der Waals surface area contributed by atoms with Gasteiger partial charge in [0.15, 0.2) is 0 Å². The Balaban J connectivity index is 1.31. The Labute approximate surface area is 290 Å². The average molecular weight is 631 g/mol. The summed E-state index contributed by atoms with van der Waals surface area (Å²) < 4.78 is 0. The van der Waals surface area contributed by atoms with Crippen molar-refractivity contribution in [2.45, 2.75) is 59.3 Å². The fraction of sp³-hybridized carbons (Fsp3) is 0.184. The molecule has 0 aromatic heterocycles. The number of hydrogen-bond acceptors (Lipinski definition) is 0. The van der Waals surface area contributed by atoms with Crippen LogP contribution in [0.4, 0.5) is 0 Å². The highest BCUT2D eigenvalue weighted by Gasteiger charge is 2.38. The Morgan fingerprint density at radius 3 is 1.59 bits per heavy atom. The van der Waals surface area contributed by atoms with Gasteiger partial charge in [-0.2, -0.15) is 0 Å². The molecular formula is C49H42. The van der Waals surface area contributed by atoms with Crippen LogP contribution in [0.5, 0.6) is 0 Å². The molecule has 0 bridgehead atoms. The van der Waals surface area contributed by atoms with E-state index in [1.165, 1.54) is 104 Å². The smallest absolute Gasteiger partial charge is 0.0165 e. The van der Waals surface area contributed by atoms with Gasteiger partial charge in [-0.3, -0.25) is 0 Å². The Morgan fingerprint density at radius 2 is 0.939 bits per heavy atom. The molecular weight excluding hydrogens is 589 g/mol. The van der Waals surface area contributed by atoms with Gasteiger partial charge in [0.2, 0.25) is 0 Å². The maximum Gasteiger partial charge on any atom is 0.0165 e. The van der Waals surface area contributed by atoms with E-state index in [1.54, 1.807) is 0 Å². The predicted molar refractivity (Wildman–Crippen MR) is 213 cm³/mol. The molecule has 0 saturated carbocycles. The second-order valence-electron chi connectivity index (χ2n) is 15.9. The summed E-state index contributed by atoms with van der Waals surface area (Å²) >= 11 is 0. The molecule has 0 saturated heterocycles. The molecule has 0 fully saturated rings. The third-order valence-electron chi connectivity index (χ3n) is 11.1. The van der Waals surface area contributed by atoms with Crippen LogP contribution in [0, 0.1) is 13.8 Å². The van der Waals surface area contributed by atoms with Crippen molar-refractivity contribution in [1.82, 2.24) is 0 Å². The average Bonchev–Trinajstić information content (AvgIpc) is 3.32. The van der Waals surface area contributed by atoms with Crippen LogP contribution >= 0.6 is 0 Å². The molecule has 0 nitrogen and oxygen atoms in total. The van der Waals surface area contributed by atoms with Gasteiger partial charge in [0, 0.05) is 5.41 Å². The van der Waals surface area contributed by atoms with Gasteiger partial charge in [-0.05, 0) is 125 Å². The van der Waals surface area contributed by atoms with Gasteiger partial charge in [-0.1, -0.05) is 161 Å². The van der Waals surface area contributed by atoms with E-state index in [0.717, 1.165) is 0 Å². The highest BCUT2D eigenvalue weighted by molar-refractivity contribution is 6.19. The van der Waals surface area contributed by atoms with Crippen molar-refractivity contribution in [2.24, 2.45) is 0 Å². The zero-order valence-corrected chi connectivity index (χ0v) is 29.6. The summed E-state index contributed by atoms with van der Waals surface area (Å²) in [5.74, 6) is 0. The fourth-order valence-corrected chi connectivity index (χ4v) is 9.26. The van der Waals surface area contributed by atoms with E-state index in [4.69, 9.17) is 0 Å². The van der Waals surface area contributed by atoms with Crippen LogP contribution < -0.4 is 0 Å². The molecule has 0 N–H and O–H groups in total. The molecule has 8 aromatic rings. The van der Waals surface area contributed by atoms with Gasteiger partial charge < -0.3 is 0 Å². The molecule has 0 unspecified atom stereocenters. The molecule has 1 aliphatic carbocycles. The molecule has 8 aromatic carbocycles. The van der Waals surface area contributed by atoms with E-state index < -0.39 is 0 Å². The van der Waals surface area contributed by atoms with E-state index in [9.17, 15) is 0 Å². The first-order chi connectivity index (χ1) is 23.5. The lowest BCUT2D eigenvalue weighted by molar-refractivity contribution is 0.601. The molecule has 0 heterocycles. The summed E-state index contributed by atoms with van der Waals surface area (Å²) in [4.78, 5) is 0. The zero-order valence-electron chi connectivity index (χ0n) is 29.6. The van der Waals surface area contributed by atoms with Crippen molar-refractivity contribution in [3.63, 3.8) is 0 Å². The topological polar surface area (TPSA) is 0 Å². The van der Waals surface area contributed by atoms with Crippen LogP contribution in [0.1, 0.15) is 62.4 Å². The van der Waals surface area contributed by atoms with E-state index in [1.807, 2.05) is 0 Å². The van der Waals surface area contributed by atoms with Crippen molar-refractivity contribution >= 4 is 43.1 Å². The highest BCUT2D eigenvalue weighted by atomic mass is 14.4. The van der Waals surface area contributed by atoms with Crippen LogP contribution in [0.3, 0.4) is 0 Å². The summed E-state index contributed by atoms with van der Waals surface area (Å²) in [6.07, 6.45) is 0. The first kappa shape index (κ1) is 29.9. The van der Waals surface area contributed by atoms with Crippen molar-refractivity contribution in [2.75, 3.05) is 0 Å². The summed E-state index contributed by atoms with van der Waals surface area (Å²) in [5, 5.41) is 10.7. The van der Waals surface area contributed by atoms with E-state index in [-0.39, 0.29) is 10.8 Å². The van der Waals surface area contributed by atoms with Gasteiger partial charge in [0.25, 0.3) is 0 Å². The standard InChI is InChI=1S/C49H42/c1-29-24-30(2)26-33(25-29)44-37-17-11-13-19-40(37)46(48(3,4)5)42-27-31(20-22-38(42)44)32-21-23-41-43(28-32)49(6,7)47-39-18-12-9-15-35(39)34-14-8-10-16-36(34)45(41)47/h8-28H,1-7H3. The first-order valence-electron chi connectivity index (χ1n) is 17.7. The van der Waals surface area contributed by atoms with Crippen molar-refractivity contribution in [1.29, 1.82) is 0 Å². The third-order valence-corrected chi connectivity index (χ3v) is 11.1. The van der Waals surface area contributed by atoms with Crippen LogP contribution in [-0.4, -0.2) is 0 Å². The van der Waals surface area contributed by atoms with Gasteiger partial charge in [-0.25, -0.2) is 0 Å². The Bertz CT molecular complexity index is 2650. The maximum atomic E-state index is 2.49. The number of aryl methyl sites for hydroxylation is 2. The first-order valence-corrected chi connectivity index (χ1v) is 17.7. The lowest BCUT2D eigenvalue weighted by Crippen LogP contribution is -2.15. The largest absolute Gasteiger partial charge is 0.0616 e. The SMILES string of the molecule is Cc1cc(C)cc(-c2c3ccccc3c(C(C)(C)C)c3cc(-c4ccc5c(c4)C(C)(C)c4c-5c5ccccc5c5ccccc45)ccc23)c1. The monoisotopic (exact) mass is 630 g/mol. The number of rotatable bonds is 2. The lowest BCUT2D eigenvalue weighted by atomic mass is 9.77. The minimum absolute atomic E-state index is 0.0405. The molecule has 9 rings (SSSR count). The van der Waals surface area contributed by atoms with Gasteiger partial charge >= 0.3 is 0 Å². The fourth-order valence-electron chi connectivity index (χ4n) is 9.26. The summed E-state index contributed by atoms with van der Waals surface area (Å²) in [5.41, 5.74) is 14.6. The van der Waals surface area contributed by atoms with Gasteiger partial charge in [-0.15, -0.1) is 0 Å². The number of benzene rings is 8. The van der Waals surface area contributed by atoms with Crippen LogP contribution in [0.15, 0.2) is 127 Å². The molecule has 0 radical (unpaired) electrons. The quantitative estimate of drug-likeness (QED) is 0.132. The van der Waals surface area contributed by atoms with Gasteiger partial charge in [0.05, 0.1) is 0 Å². The molecule has 0 atom stereocenters. The van der Waals surface area contributed by atoms with Crippen LogP contribution in [0.25, 0.3) is 76.5 Å². The second-order valence-corrected chi connectivity index (χ2v) is 15.9.